The van der Waals surface area contributed by atoms with Crippen molar-refractivity contribution in [1.29, 1.82) is 0 Å². The molecule has 0 aromatic rings. The summed E-state index contributed by atoms with van der Waals surface area (Å²) in [5, 5.41) is 6.72. The lowest BCUT2D eigenvalue weighted by molar-refractivity contribution is -0.136. The molecule has 3 atom stereocenters. The second-order valence-corrected chi connectivity index (χ2v) is 7.20. The van der Waals surface area contributed by atoms with Crippen molar-refractivity contribution >= 4 is 24.2 Å². The Balaban J connectivity index is 0.00000208. The molecule has 24 heavy (non-hydrogen) atoms. The van der Waals surface area contributed by atoms with E-state index in [2.05, 4.69) is 10.6 Å². The molecule has 2 saturated heterocycles. The third kappa shape index (κ3) is 4.61. The number of amides is 2. The van der Waals surface area contributed by atoms with Gasteiger partial charge in [0, 0.05) is 32.3 Å². The smallest absolute Gasteiger partial charge is 0.248 e. The maximum atomic E-state index is 12.5. The van der Waals surface area contributed by atoms with E-state index in [1.54, 1.807) is 0 Å². The van der Waals surface area contributed by atoms with Crippen molar-refractivity contribution in [2.45, 2.75) is 63.1 Å². The fourth-order valence-corrected chi connectivity index (χ4v) is 4.31. The Labute approximate surface area is 150 Å². The Hall–Kier alpha value is -0.850. The van der Waals surface area contributed by atoms with Crippen molar-refractivity contribution in [1.82, 2.24) is 15.5 Å². The number of carbonyl (C=O) groups is 2. The lowest BCUT2D eigenvalue weighted by Crippen LogP contribution is -2.51. The Morgan fingerprint density at radius 3 is 2.54 bits per heavy atom. The normalized spacial score (nSPS) is 30.4. The van der Waals surface area contributed by atoms with Gasteiger partial charge in [-0.1, -0.05) is 12.8 Å². The van der Waals surface area contributed by atoms with Gasteiger partial charge in [0.1, 0.15) is 6.61 Å². The molecule has 6 nitrogen and oxygen atoms in total. The highest BCUT2D eigenvalue weighted by molar-refractivity contribution is 5.85. The molecule has 2 aliphatic heterocycles. The summed E-state index contributed by atoms with van der Waals surface area (Å²) in [6, 6.07) is 0.725. The summed E-state index contributed by atoms with van der Waals surface area (Å²) in [6.07, 6.45) is 7.74. The molecule has 3 fully saturated rings. The van der Waals surface area contributed by atoms with Crippen molar-refractivity contribution in [2.75, 3.05) is 26.8 Å². The molecule has 138 valence electrons. The maximum absolute atomic E-state index is 12.5. The van der Waals surface area contributed by atoms with Crippen molar-refractivity contribution in [3.05, 3.63) is 0 Å². The predicted molar refractivity (Wildman–Crippen MR) is 94.2 cm³/mol. The molecule has 2 heterocycles. The van der Waals surface area contributed by atoms with Crippen molar-refractivity contribution in [2.24, 2.45) is 5.92 Å². The zero-order valence-electron chi connectivity index (χ0n) is 14.5. The summed E-state index contributed by atoms with van der Waals surface area (Å²) >= 11 is 0. The van der Waals surface area contributed by atoms with Crippen molar-refractivity contribution in [3.63, 3.8) is 0 Å². The van der Waals surface area contributed by atoms with Crippen LogP contribution in [-0.2, 0) is 14.3 Å². The average Bonchev–Trinajstić information content (AvgIpc) is 3.00. The number of hydrogen-bond donors (Lipinski definition) is 2. The molecule has 1 aliphatic carbocycles. The number of halogens is 1. The van der Waals surface area contributed by atoms with E-state index in [-0.39, 0.29) is 42.9 Å². The monoisotopic (exact) mass is 359 g/mol. The van der Waals surface area contributed by atoms with Crippen LogP contribution in [-0.4, -0.2) is 61.6 Å². The lowest BCUT2D eigenvalue weighted by atomic mass is 9.85. The van der Waals surface area contributed by atoms with Crippen molar-refractivity contribution in [3.8, 4) is 0 Å². The third-order valence-electron chi connectivity index (χ3n) is 5.64. The number of nitrogens with one attached hydrogen (secondary N) is 2. The number of rotatable bonds is 4. The molecule has 3 unspecified atom stereocenters. The van der Waals surface area contributed by atoms with Gasteiger partial charge < -0.3 is 20.3 Å². The Morgan fingerprint density at radius 2 is 1.88 bits per heavy atom. The number of fused-ring (bicyclic) bond motifs is 1. The number of piperidine rings is 1. The molecule has 1 saturated carbocycles. The number of ether oxygens (including phenoxy) is 1. The topological polar surface area (TPSA) is 70.7 Å². The molecule has 7 heteroatoms. The van der Waals surface area contributed by atoms with Gasteiger partial charge in [0.2, 0.25) is 11.8 Å². The fraction of sp³-hybridized carbons (Fsp3) is 0.882. The highest BCUT2D eigenvalue weighted by Gasteiger charge is 2.38. The fourth-order valence-electron chi connectivity index (χ4n) is 4.31. The average molecular weight is 360 g/mol. The molecule has 3 rings (SSSR count). The molecule has 0 radical (unpaired) electrons. The maximum Gasteiger partial charge on any atom is 0.248 e. The van der Waals surface area contributed by atoms with Gasteiger partial charge in [-0.3, -0.25) is 9.59 Å². The van der Waals surface area contributed by atoms with Crippen LogP contribution in [0.2, 0.25) is 0 Å². The summed E-state index contributed by atoms with van der Waals surface area (Å²) in [5.74, 6) is 0.882. The Bertz CT molecular complexity index is 427. The van der Waals surface area contributed by atoms with Crippen LogP contribution >= 0.6 is 12.4 Å². The first kappa shape index (κ1) is 19.5. The first-order valence-corrected chi connectivity index (χ1v) is 9.00. The van der Waals surface area contributed by atoms with E-state index in [1.807, 2.05) is 4.90 Å². The molecular weight excluding hydrogens is 330 g/mol. The van der Waals surface area contributed by atoms with Gasteiger partial charge in [0.05, 0.1) is 6.04 Å². The molecule has 3 aliphatic rings. The Kier molecular flexibility index (Phi) is 7.32. The zero-order valence-corrected chi connectivity index (χ0v) is 15.3. The summed E-state index contributed by atoms with van der Waals surface area (Å²) in [7, 11) is 1.54. The van der Waals surface area contributed by atoms with Crippen LogP contribution in [0.5, 0.6) is 0 Å². The summed E-state index contributed by atoms with van der Waals surface area (Å²) < 4.78 is 4.89. The van der Waals surface area contributed by atoms with Crippen LogP contribution in [0.3, 0.4) is 0 Å². The van der Waals surface area contributed by atoms with Crippen LogP contribution in [0, 0.1) is 5.92 Å². The molecule has 2 N–H and O–H groups in total. The van der Waals surface area contributed by atoms with Crippen LogP contribution in [0.4, 0.5) is 0 Å². The quantitative estimate of drug-likeness (QED) is 0.788. The molecule has 0 aromatic carbocycles. The minimum Gasteiger partial charge on any atom is -0.375 e. The third-order valence-corrected chi connectivity index (χ3v) is 5.64. The van der Waals surface area contributed by atoms with Gasteiger partial charge in [-0.2, -0.15) is 0 Å². The molecule has 0 aromatic heterocycles. The standard InChI is InChI=1S/C17H29N3O3.ClH/c1-23-11-16(21)20-8-6-13(7-9-20)18-17(22)15-10-12-4-2-3-5-14(12)19-15;/h12-15,19H,2-11H2,1H3,(H,18,22);1H. The second-order valence-electron chi connectivity index (χ2n) is 7.20. The Morgan fingerprint density at radius 1 is 1.17 bits per heavy atom. The van der Waals surface area contributed by atoms with Crippen LogP contribution in [0.1, 0.15) is 44.9 Å². The predicted octanol–water partition coefficient (Wildman–Crippen LogP) is 1.08. The first-order chi connectivity index (χ1) is 11.2. The summed E-state index contributed by atoms with van der Waals surface area (Å²) in [6.45, 7) is 1.55. The second kappa shape index (κ2) is 9.02. The molecule has 2 amide bonds. The van der Waals surface area contributed by atoms with E-state index in [0.717, 1.165) is 19.3 Å². The van der Waals surface area contributed by atoms with Crippen LogP contribution in [0.15, 0.2) is 0 Å². The van der Waals surface area contributed by atoms with Gasteiger partial charge in [0.15, 0.2) is 0 Å². The highest BCUT2D eigenvalue weighted by Crippen LogP contribution is 2.33. The van der Waals surface area contributed by atoms with Gasteiger partial charge in [-0.25, -0.2) is 0 Å². The zero-order chi connectivity index (χ0) is 16.2. The summed E-state index contributed by atoms with van der Waals surface area (Å²) in [4.78, 5) is 26.1. The van der Waals surface area contributed by atoms with E-state index in [4.69, 9.17) is 4.74 Å². The van der Waals surface area contributed by atoms with Crippen LogP contribution in [0.25, 0.3) is 0 Å². The number of nitrogens with zero attached hydrogens (tertiary/aromatic N) is 1. The molecule has 0 spiro atoms. The number of carbonyl (C=O) groups excluding carboxylic acids is 2. The largest absolute Gasteiger partial charge is 0.375 e. The van der Waals surface area contributed by atoms with E-state index in [0.29, 0.717) is 25.0 Å². The minimum absolute atomic E-state index is 0. The highest BCUT2D eigenvalue weighted by atomic mass is 35.5. The number of likely N-dealkylation sites (tertiary alicyclic amines) is 1. The lowest BCUT2D eigenvalue weighted by Gasteiger charge is -2.32. The SMILES string of the molecule is COCC(=O)N1CCC(NC(=O)C2CC3CCCCC3N2)CC1.Cl. The minimum atomic E-state index is -0.0174. The van der Waals surface area contributed by atoms with E-state index >= 15 is 0 Å². The van der Waals surface area contributed by atoms with E-state index in [9.17, 15) is 9.59 Å². The molecular formula is C17H30ClN3O3. The number of methoxy groups -OCH3 is 1. The molecule has 0 bridgehead atoms. The van der Waals surface area contributed by atoms with Gasteiger partial charge in [-0.05, 0) is 38.0 Å². The van der Waals surface area contributed by atoms with Crippen molar-refractivity contribution < 1.29 is 14.3 Å². The van der Waals surface area contributed by atoms with Gasteiger partial charge >= 0.3 is 0 Å². The van der Waals surface area contributed by atoms with E-state index in [1.165, 1.54) is 32.8 Å². The number of hydrogen-bond acceptors (Lipinski definition) is 4. The summed E-state index contributed by atoms with van der Waals surface area (Å²) in [5.41, 5.74) is 0. The van der Waals surface area contributed by atoms with Crippen LogP contribution < -0.4 is 10.6 Å². The first-order valence-electron chi connectivity index (χ1n) is 9.00. The van der Waals surface area contributed by atoms with E-state index < -0.39 is 0 Å². The van der Waals surface area contributed by atoms with Gasteiger partial charge in [0.25, 0.3) is 0 Å². The van der Waals surface area contributed by atoms with Gasteiger partial charge in [-0.15, -0.1) is 12.4 Å².